The molecule has 2 rings (SSSR count). The summed E-state index contributed by atoms with van der Waals surface area (Å²) in [5.74, 6) is -0.457. The molecule has 0 saturated heterocycles. The van der Waals surface area contributed by atoms with Gasteiger partial charge >= 0.3 is 0 Å². The second-order valence-corrected chi connectivity index (χ2v) is 4.39. The summed E-state index contributed by atoms with van der Waals surface area (Å²) < 4.78 is 13.5. The van der Waals surface area contributed by atoms with E-state index in [1.807, 2.05) is 0 Å². The van der Waals surface area contributed by atoms with Crippen molar-refractivity contribution in [2.45, 2.75) is 6.61 Å². The van der Waals surface area contributed by atoms with Gasteiger partial charge in [-0.3, -0.25) is 0 Å². The van der Waals surface area contributed by atoms with E-state index in [2.05, 4.69) is 0 Å². The fourth-order valence-corrected chi connectivity index (χ4v) is 2.07. The van der Waals surface area contributed by atoms with Gasteiger partial charge in [-0.05, 0) is 29.8 Å². The Morgan fingerprint density at radius 1 is 1.06 bits per heavy atom. The lowest BCUT2D eigenvalue weighted by Crippen LogP contribution is -1.94. The molecule has 0 heterocycles. The van der Waals surface area contributed by atoms with Gasteiger partial charge in [-0.15, -0.1) is 0 Å². The van der Waals surface area contributed by atoms with Crippen molar-refractivity contribution < 1.29 is 9.50 Å². The van der Waals surface area contributed by atoms with E-state index in [4.69, 9.17) is 23.2 Å². The maximum atomic E-state index is 13.5. The Kier molecular flexibility index (Phi) is 3.67. The van der Waals surface area contributed by atoms with Crippen LogP contribution in [-0.2, 0) is 6.61 Å². The highest BCUT2D eigenvalue weighted by molar-refractivity contribution is 6.35. The van der Waals surface area contributed by atoms with Crippen LogP contribution in [0, 0.1) is 5.82 Å². The molecular weight excluding hydrogens is 262 g/mol. The molecule has 0 unspecified atom stereocenters. The summed E-state index contributed by atoms with van der Waals surface area (Å²) in [6.07, 6.45) is 0. The molecule has 88 valence electrons. The maximum Gasteiger partial charge on any atom is 0.129 e. The predicted molar refractivity (Wildman–Crippen MR) is 67.8 cm³/mol. The molecule has 0 atom stereocenters. The Labute approximate surface area is 108 Å². The number of halogens is 3. The third-order valence-electron chi connectivity index (χ3n) is 2.50. The second-order valence-electron chi connectivity index (χ2n) is 3.55. The fourth-order valence-electron chi connectivity index (χ4n) is 1.68. The number of aliphatic hydroxyl groups excluding tert-OH is 1. The lowest BCUT2D eigenvalue weighted by molar-refractivity contribution is 0.276. The largest absolute Gasteiger partial charge is 0.392 e. The van der Waals surface area contributed by atoms with E-state index >= 15 is 0 Å². The van der Waals surface area contributed by atoms with Gasteiger partial charge < -0.3 is 5.11 Å². The lowest BCUT2D eigenvalue weighted by Gasteiger charge is -2.10. The minimum Gasteiger partial charge on any atom is -0.392 e. The molecule has 4 heteroatoms. The molecule has 1 nitrogen and oxygen atoms in total. The maximum absolute atomic E-state index is 13.5. The van der Waals surface area contributed by atoms with Gasteiger partial charge in [0.25, 0.3) is 0 Å². The lowest BCUT2D eigenvalue weighted by atomic mass is 9.99. The van der Waals surface area contributed by atoms with Crippen LogP contribution in [0.15, 0.2) is 36.4 Å². The van der Waals surface area contributed by atoms with Crippen molar-refractivity contribution in [3.63, 3.8) is 0 Å². The van der Waals surface area contributed by atoms with Gasteiger partial charge in [0, 0.05) is 21.2 Å². The first-order valence-corrected chi connectivity index (χ1v) is 5.72. The average Bonchev–Trinajstić information content (AvgIpc) is 2.32. The highest BCUT2D eigenvalue weighted by atomic mass is 35.5. The molecule has 2 aromatic rings. The molecule has 0 bridgehead atoms. The van der Waals surface area contributed by atoms with E-state index in [0.717, 1.165) is 0 Å². The molecule has 1 N–H and O–H groups in total. The summed E-state index contributed by atoms with van der Waals surface area (Å²) in [6.45, 7) is -0.384. The normalized spacial score (nSPS) is 10.6. The summed E-state index contributed by atoms with van der Waals surface area (Å²) in [5.41, 5.74) is 1.39. The van der Waals surface area contributed by atoms with E-state index in [1.54, 1.807) is 30.3 Å². The van der Waals surface area contributed by atoms with Crippen molar-refractivity contribution in [2.24, 2.45) is 0 Å². The summed E-state index contributed by atoms with van der Waals surface area (Å²) in [6, 6.07) is 9.52. The van der Waals surface area contributed by atoms with Crippen LogP contribution in [0.1, 0.15) is 5.56 Å². The van der Waals surface area contributed by atoms with Crippen molar-refractivity contribution in [2.75, 3.05) is 0 Å². The summed E-state index contributed by atoms with van der Waals surface area (Å²) in [5, 5.41) is 10.2. The average molecular weight is 271 g/mol. The number of hydrogen-bond donors (Lipinski definition) is 1. The number of rotatable bonds is 2. The van der Waals surface area contributed by atoms with Crippen LogP contribution in [0.5, 0.6) is 0 Å². The highest BCUT2D eigenvalue weighted by Crippen LogP contribution is 2.33. The topological polar surface area (TPSA) is 20.2 Å². The number of benzene rings is 2. The first-order valence-electron chi connectivity index (χ1n) is 4.97. The highest BCUT2D eigenvalue weighted by Gasteiger charge is 2.12. The molecular formula is C13H9Cl2FO. The molecule has 0 saturated carbocycles. The monoisotopic (exact) mass is 270 g/mol. The van der Waals surface area contributed by atoms with Crippen LogP contribution >= 0.6 is 23.2 Å². The van der Waals surface area contributed by atoms with Gasteiger partial charge in [-0.25, -0.2) is 4.39 Å². The van der Waals surface area contributed by atoms with E-state index in [1.165, 1.54) is 6.07 Å². The third kappa shape index (κ3) is 2.44. The van der Waals surface area contributed by atoms with Crippen molar-refractivity contribution in [1.29, 1.82) is 0 Å². The Bertz CT molecular complexity index is 555. The van der Waals surface area contributed by atoms with E-state index in [0.29, 0.717) is 21.2 Å². The Morgan fingerprint density at radius 2 is 1.82 bits per heavy atom. The van der Waals surface area contributed by atoms with Crippen LogP contribution in [0.25, 0.3) is 11.1 Å². The number of aliphatic hydroxyl groups is 1. The molecule has 0 aliphatic carbocycles. The van der Waals surface area contributed by atoms with Gasteiger partial charge in [0.2, 0.25) is 0 Å². The van der Waals surface area contributed by atoms with Crippen LogP contribution in [0.3, 0.4) is 0 Å². The van der Waals surface area contributed by atoms with Crippen LogP contribution in [-0.4, -0.2) is 5.11 Å². The molecule has 2 aromatic carbocycles. The SMILES string of the molecule is OCc1c(F)cccc1-c1cc(Cl)ccc1Cl. The zero-order valence-corrected chi connectivity index (χ0v) is 10.3. The van der Waals surface area contributed by atoms with Crippen LogP contribution in [0.4, 0.5) is 4.39 Å². The first-order chi connectivity index (χ1) is 8.13. The Hall–Kier alpha value is -1.09. The fraction of sp³-hybridized carbons (Fsp3) is 0.0769. The standard InChI is InChI=1S/C13H9Cl2FO/c14-8-4-5-12(15)10(6-8)9-2-1-3-13(16)11(9)7-17/h1-6,17H,7H2. The van der Waals surface area contributed by atoms with Gasteiger partial charge in [-0.2, -0.15) is 0 Å². The first kappa shape index (κ1) is 12.4. The minimum absolute atomic E-state index is 0.219. The molecule has 0 amide bonds. The van der Waals surface area contributed by atoms with Crippen LogP contribution < -0.4 is 0 Å². The quantitative estimate of drug-likeness (QED) is 0.863. The molecule has 0 spiro atoms. The molecule has 0 aliphatic rings. The van der Waals surface area contributed by atoms with Crippen LogP contribution in [0.2, 0.25) is 10.0 Å². The van der Waals surface area contributed by atoms with Gasteiger partial charge in [-0.1, -0.05) is 35.3 Å². The van der Waals surface area contributed by atoms with Crippen molar-refractivity contribution in [3.05, 3.63) is 57.8 Å². The van der Waals surface area contributed by atoms with Gasteiger partial charge in [0.15, 0.2) is 0 Å². The summed E-state index contributed by atoms with van der Waals surface area (Å²) in [7, 11) is 0. The zero-order chi connectivity index (χ0) is 12.4. The Balaban J connectivity index is 2.68. The molecule has 0 fully saturated rings. The molecule has 0 aliphatic heterocycles. The number of hydrogen-bond acceptors (Lipinski definition) is 1. The van der Waals surface area contributed by atoms with E-state index in [-0.39, 0.29) is 12.2 Å². The summed E-state index contributed by atoms with van der Waals surface area (Å²) in [4.78, 5) is 0. The molecule has 17 heavy (non-hydrogen) atoms. The van der Waals surface area contributed by atoms with Gasteiger partial charge in [0.1, 0.15) is 5.82 Å². The van der Waals surface area contributed by atoms with Crippen molar-refractivity contribution in [3.8, 4) is 11.1 Å². The second kappa shape index (κ2) is 5.05. The van der Waals surface area contributed by atoms with Crippen molar-refractivity contribution >= 4 is 23.2 Å². The minimum atomic E-state index is -0.457. The molecule has 0 radical (unpaired) electrons. The summed E-state index contributed by atoms with van der Waals surface area (Å²) >= 11 is 11.9. The third-order valence-corrected chi connectivity index (χ3v) is 3.06. The molecule has 0 aromatic heterocycles. The van der Waals surface area contributed by atoms with E-state index < -0.39 is 5.82 Å². The van der Waals surface area contributed by atoms with Gasteiger partial charge in [0.05, 0.1) is 6.61 Å². The Morgan fingerprint density at radius 3 is 2.53 bits per heavy atom. The van der Waals surface area contributed by atoms with E-state index in [9.17, 15) is 9.50 Å². The van der Waals surface area contributed by atoms with Crippen molar-refractivity contribution in [1.82, 2.24) is 0 Å². The smallest absolute Gasteiger partial charge is 0.129 e. The zero-order valence-electron chi connectivity index (χ0n) is 8.75. The predicted octanol–water partition coefficient (Wildman–Crippen LogP) is 4.29.